The lowest BCUT2D eigenvalue weighted by atomic mass is 10.1. The minimum absolute atomic E-state index is 0.526. The molecule has 13 heavy (non-hydrogen) atoms. The average molecular weight is 201 g/mol. The van der Waals surface area contributed by atoms with Crippen molar-refractivity contribution in [2.45, 2.75) is 38.6 Å². The standard InChI is InChI=1S/C10H23NOSi/c1-12-10-5-7-11(8-6-10)9-13(2,3)4/h10H,5-9H2,1-4H3. The summed E-state index contributed by atoms with van der Waals surface area (Å²) in [4.78, 5) is 2.61. The summed E-state index contributed by atoms with van der Waals surface area (Å²) in [5, 5.41) is 0. The fourth-order valence-electron chi connectivity index (χ4n) is 1.97. The van der Waals surface area contributed by atoms with Crippen molar-refractivity contribution in [1.29, 1.82) is 0 Å². The second-order valence-corrected chi connectivity index (χ2v) is 10.7. The van der Waals surface area contributed by atoms with Gasteiger partial charge >= 0.3 is 0 Å². The predicted molar refractivity (Wildman–Crippen MR) is 59.8 cm³/mol. The first-order valence-corrected chi connectivity index (χ1v) is 8.97. The first kappa shape index (κ1) is 11.2. The van der Waals surface area contributed by atoms with E-state index in [9.17, 15) is 0 Å². The highest BCUT2D eigenvalue weighted by Crippen LogP contribution is 2.14. The Morgan fingerprint density at radius 3 is 2.15 bits per heavy atom. The molecule has 2 nitrogen and oxygen atoms in total. The molecule has 3 heteroatoms. The van der Waals surface area contributed by atoms with Gasteiger partial charge in [0.05, 0.1) is 14.2 Å². The van der Waals surface area contributed by atoms with Crippen molar-refractivity contribution in [1.82, 2.24) is 4.90 Å². The van der Waals surface area contributed by atoms with Gasteiger partial charge in [0.1, 0.15) is 0 Å². The van der Waals surface area contributed by atoms with Crippen molar-refractivity contribution in [3.8, 4) is 0 Å². The normalized spacial score (nSPS) is 22.2. The summed E-state index contributed by atoms with van der Waals surface area (Å²) in [5.41, 5.74) is 0. The smallest absolute Gasteiger partial charge is 0.0599 e. The van der Waals surface area contributed by atoms with E-state index in [1.807, 2.05) is 7.11 Å². The Morgan fingerprint density at radius 2 is 1.77 bits per heavy atom. The number of methoxy groups -OCH3 is 1. The summed E-state index contributed by atoms with van der Waals surface area (Å²) >= 11 is 0. The summed E-state index contributed by atoms with van der Waals surface area (Å²) in [5.74, 6) is 0. The van der Waals surface area contributed by atoms with E-state index < -0.39 is 8.07 Å². The number of likely N-dealkylation sites (tertiary alicyclic amines) is 1. The average Bonchev–Trinajstić information content (AvgIpc) is 2.03. The number of ether oxygens (including phenoxy) is 1. The van der Waals surface area contributed by atoms with Crippen LogP contribution in [0.15, 0.2) is 0 Å². The number of rotatable bonds is 3. The van der Waals surface area contributed by atoms with E-state index in [0.29, 0.717) is 6.10 Å². The largest absolute Gasteiger partial charge is 0.381 e. The van der Waals surface area contributed by atoms with Crippen LogP contribution in [0.25, 0.3) is 0 Å². The van der Waals surface area contributed by atoms with E-state index in [2.05, 4.69) is 24.5 Å². The van der Waals surface area contributed by atoms with Crippen molar-refractivity contribution in [2.24, 2.45) is 0 Å². The Morgan fingerprint density at radius 1 is 1.23 bits per heavy atom. The first-order valence-electron chi connectivity index (χ1n) is 5.26. The third kappa shape index (κ3) is 4.25. The Bertz CT molecular complexity index is 147. The van der Waals surface area contributed by atoms with Gasteiger partial charge in [-0.15, -0.1) is 0 Å². The van der Waals surface area contributed by atoms with Gasteiger partial charge in [-0.05, 0) is 19.0 Å². The molecule has 0 aromatic heterocycles. The molecule has 0 saturated carbocycles. The van der Waals surface area contributed by atoms with Gasteiger partial charge in [-0.3, -0.25) is 0 Å². The van der Waals surface area contributed by atoms with Gasteiger partial charge in [0, 0.05) is 20.2 Å². The highest BCUT2D eigenvalue weighted by molar-refractivity contribution is 6.76. The maximum Gasteiger partial charge on any atom is 0.0599 e. The Hall–Kier alpha value is 0.137. The molecule has 0 amide bonds. The van der Waals surface area contributed by atoms with Crippen molar-refractivity contribution in [2.75, 3.05) is 26.4 Å². The second-order valence-electron chi connectivity index (χ2n) is 5.27. The molecular weight excluding hydrogens is 178 g/mol. The topological polar surface area (TPSA) is 12.5 Å². The van der Waals surface area contributed by atoms with E-state index in [1.165, 1.54) is 32.1 Å². The van der Waals surface area contributed by atoms with Gasteiger partial charge < -0.3 is 9.64 Å². The summed E-state index contributed by atoms with van der Waals surface area (Å²) in [6.45, 7) is 9.80. The molecule has 0 radical (unpaired) electrons. The molecule has 1 saturated heterocycles. The zero-order valence-electron chi connectivity index (χ0n) is 9.47. The third-order valence-corrected chi connectivity index (χ3v) is 3.96. The minimum Gasteiger partial charge on any atom is -0.381 e. The lowest BCUT2D eigenvalue weighted by molar-refractivity contribution is 0.0457. The lowest BCUT2D eigenvalue weighted by Crippen LogP contribution is -2.45. The van der Waals surface area contributed by atoms with Crippen LogP contribution in [-0.4, -0.2) is 45.4 Å². The number of hydrogen-bond acceptors (Lipinski definition) is 2. The molecule has 78 valence electrons. The summed E-state index contributed by atoms with van der Waals surface area (Å²) in [6.07, 6.45) is 4.32. The monoisotopic (exact) mass is 201 g/mol. The Labute approximate surface area is 83.3 Å². The van der Waals surface area contributed by atoms with Crippen LogP contribution in [0.4, 0.5) is 0 Å². The van der Waals surface area contributed by atoms with Crippen LogP contribution >= 0.6 is 0 Å². The first-order chi connectivity index (χ1) is 6.01. The lowest BCUT2D eigenvalue weighted by Gasteiger charge is -2.34. The molecule has 0 bridgehead atoms. The number of nitrogens with zero attached hydrogens (tertiary/aromatic N) is 1. The Balaban J connectivity index is 2.25. The summed E-state index contributed by atoms with van der Waals surface area (Å²) in [7, 11) is 0.940. The molecule has 0 spiro atoms. The number of hydrogen-bond donors (Lipinski definition) is 0. The predicted octanol–water partition coefficient (Wildman–Crippen LogP) is 1.97. The molecule has 1 fully saturated rings. The summed E-state index contributed by atoms with van der Waals surface area (Å²) < 4.78 is 5.35. The minimum atomic E-state index is -0.892. The highest BCUT2D eigenvalue weighted by atomic mass is 28.3. The highest BCUT2D eigenvalue weighted by Gasteiger charge is 2.23. The van der Waals surface area contributed by atoms with Gasteiger partial charge in [0.2, 0.25) is 0 Å². The molecule has 0 N–H and O–H groups in total. The fraction of sp³-hybridized carbons (Fsp3) is 1.00. The molecule has 0 aromatic rings. The molecule has 0 unspecified atom stereocenters. The van der Waals surface area contributed by atoms with Crippen LogP contribution in [0.3, 0.4) is 0 Å². The van der Waals surface area contributed by atoms with Crippen molar-refractivity contribution in [3.63, 3.8) is 0 Å². The maximum absolute atomic E-state index is 5.35. The zero-order valence-corrected chi connectivity index (χ0v) is 10.5. The van der Waals surface area contributed by atoms with Crippen molar-refractivity contribution < 1.29 is 4.74 Å². The molecule has 1 aliphatic heterocycles. The number of piperidine rings is 1. The Kier molecular flexibility index (Phi) is 3.95. The molecule has 0 aliphatic carbocycles. The van der Waals surface area contributed by atoms with Crippen LogP contribution in [-0.2, 0) is 4.74 Å². The van der Waals surface area contributed by atoms with Crippen LogP contribution in [0.1, 0.15) is 12.8 Å². The zero-order chi connectivity index (χ0) is 9.90. The van der Waals surface area contributed by atoms with E-state index in [4.69, 9.17) is 4.74 Å². The van der Waals surface area contributed by atoms with E-state index in [0.717, 1.165) is 0 Å². The third-order valence-electron chi connectivity index (χ3n) is 2.57. The van der Waals surface area contributed by atoms with Crippen molar-refractivity contribution >= 4 is 8.07 Å². The van der Waals surface area contributed by atoms with Crippen LogP contribution in [0, 0.1) is 0 Å². The fourth-order valence-corrected chi connectivity index (χ4v) is 3.63. The molecule has 1 rings (SSSR count). The molecule has 1 heterocycles. The van der Waals surface area contributed by atoms with Gasteiger partial charge in [0.15, 0.2) is 0 Å². The van der Waals surface area contributed by atoms with E-state index >= 15 is 0 Å². The molecule has 0 aromatic carbocycles. The van der Waals surface area contributed by atoms with Crippen LogP contribution in [0.5, 0.6) is 0 Å². The quantitative estimate of drug-likeness (QED) is 0.647. The van der Waals surface area contributed by atoms with Gasteiger partial charge in [-0.1, -0.05) is 19.6 Å². The van der Waals surface area contributed by atoms with Gasteiger partial charge in [-0.25, -0.2) is 0 Å². The summed E-state index contributed by atoms with van der Waals surface area (Å²) in [6, 6.07) is 0. The van der Waals surface area contributed by atoms with E-state index in [1.54, 1.807) is 0 Å². The molecular formula is C10H23NOSi. The maximum atomic E-state index is 5.35. The van der Waals surface area contributed by atoms with Gasteiger partial charge in [0.25, 0.3) is 0 Å². The van der Waals surface area contributed by atoms with Crippen LogP contribution in [0.2, 0.25) is 19.6 Å². The second kappa shape index (κ2) is 4.58. The SMILES string of the molecule is COC1CCN(C[Si](C)(C)C)CC1. The van der Waals surface area contributed by atoms with Crippen molar-refractivity contribution in [3.05, 3.63) is 0 Å². The van der Waals surface area contributed by atoms with E-state index in [-0.39, 0.29) is 0 Å². The molecule has 1 aliphatic rings. The van der Waals surface area contributed by atoms with Gasteiger partial charge in [-0.2, -0.15) is 0 Å². The molecule has 0 atom stereocenters. The van der Waals surface area contributed by atoms with Crippen LogP contribution < -0.4 is 0 Å².